The zero-order valence-electron chi connectivity index (χ0n) is 6.16. The van der Waals surface area contributed by atoms with Crippen LogP contribution in [0.5, 0.6) is 0 Å². The zero-order valence-corrected chi connectivity index (χ0v) is 6.16. The van der Waals surface area contributed by atoms with Crippen LogP contribution in [0.1, 0.15) is 23.2 Å². The Bertz CT molecular complexity index is 240. The van der Waals surface area contributed by atoms with Gasteiger partial charge in [-0.05, 0) is 0 Å². The summed E-state index contributed by atoms with van der Waals surface area (Å²) >= 11 is 0. The van der Waals surface area contributed by atoms with Crippen molar-refractivity contribution in [2.75, 3.05) is 0 Å². The molecule has 0 bridgehead atoms. The first-order chi connectivity index (χ1) is 4.79. The summed E-state index contributed by atoms with van der Waals surface area (Å²) in [6.45, 7) is 2.01. The van der Waals surface area contributed by atoms with Crippen LogP contribution in [-0.2, 0) is 13.5 Å². The molecule has 0 saturated heterocycles. The number of aryl methyl sites for hydroxylation is 1. The lowest BCUT2D eigenvalue weighted by molar-refractivity contribution is 0.111. The molecule has 0 unspecified atom stereocenters. The normalized spacial score (nSPS) is 9.80. The third-order valence-electron chi connectivity index (χ3n) is 1.56. The van der Waals surface area contributed by atoms with Crippen molar-refractivity contribution in [3.05, 3.63) is 17.7 Å². The molecule has 3 heteroatoms. The first-order valence-corrected chi connectivity index (χ1v) is 3.25. The number of carbonyl (C=O) groups is 1. The van der Waals surface area contributed by atoms with Gasteiger partial charge in [0.2, 0.25) is 0 Å². The highest BCUT2D eigenvalue weighted by Gasteiger charge is 2.01. The molecule has 0 saturated carbocycles. The van der Waals surface area contributed by atoms with Crippen LogP contribution in [0, 0.1) is 0 Å². The molecule has 0 N–H and O–H groups in total. The van der Waals surface area contributed by atoms with E-state index >= 15 is 0 Å². The summed E-state index contributed by atoms with van der Waals surface area (Å²) in [5.41, 5.74) is 0.636. The second-order valence-electron chi connectivity index (χ2n) is 2.13. The monoisotopic (exact) mass is 138 g/mol. The van der Waals surface area contributed by atoms with Crippen LogP contribution in [-0.4, -0.2) is 15.8 Å². The SMILES string of the molecule is CCc1ncc(C=O)n1C. The Morgan fingerprint density at radius 1 is 1.80 bits per heavy atom. The smallest absolute Gasteiger partial charge is 0.168 e. The van der Waals surface area contributed by atoms with Gasteiger partial charge in [0.15, 0.2) is 6.29 Å². The van der Waals surface area contributed by atoms with Gasteiger partial charge >= 0.3 is 0 Å². The van der Waals surface area contributed by atoms with Gasteiger partial charge in [-0.25, -0.2) is 4.98 Å². The number of hydrogen-bond donors (Lipinski definition) is 0. The van der Waals surface area contributed by atoms with Gasteiger partial charge in [0, 0.05) is 13.5 Å². The minimum absolute atomic E-state index is 0.636. The number of hydrogen-bond acceptors (Lipinski definition) is 2. The fraction of sp³-hybridized carbons (Fsp3) is 0.429. The Kier molecular flexibility index (Phi) is 1.85. The van der Waals surface area contributed by atoms with Crippen LogP contribution in [0.3, 0.4) is 0 Å². The van der Waals surface area contributed by atoms with Crippen LogP contribution >= 0.6 is 0 Å². The Labute approximate surface area is 59.7 Å². The molecular weight excluding hydrogens is 128 g/mol. The quantitative estimate of drug-likeness (QED) is 0.566. The van der Waals surface area contributed by atoms with Gasteiger partial charge < -0.3 is 4.57 Å². The predicted molar refractivity (Wildman–Crippen MR) is 38.0 cm³/mol. The minimum Gasteiger partial charge on any atom is -0.329 e. The number of aromatic nitrogens is 2. The van der Waals surface area contributed by atoms with Crippen LogP contribution in [0.4, 0.5) is 0 Å². The van der Waals surface area contributed by atoms with Crippen molar-refractivity contribution in [2.45, 2.75) is 13.3 Å². The Balaban J connectivity index is 3.08. The van der Waals surface area contributed by atoms with Crippen molar-refractivity contribution in [1.82, 2.24) is 9.55 Å². The lowest BCUT2D eigenvalue weighted by Gasteiger charge is -1.96. The molecule has 0 radical (unpaired) electrons. The van der Waals surface area contributed by atoms with Crippen molar-refractivity contribution in [1.29, 1.82) is 0 Å². The van der Waals surface area contributed by atoms with Crippen LogP contribution in [0.15, 0.2) is 6.20 Å². The van der Waals surface area contributed by atoms with Gasteiger partial charge in [-0.2, -0.15) is 0 Å². The Hall–Kier alpha value is -1.12. The van der Waals surface area contributed by atoms with Crippen molar-refractivity contribution >= 4 is 6.29 Å². The van der Waals surface area contributed by atoms with E-state index in [1.54, 1.807) is 10.8 Å². The molecule has 1 aromatic rings. The highest BCUT2D eigenvalue weighted by atomic mass is 16.1. The van der Waals surface area contributed by atoms with Crippen molar-refractivity contribution in [2.24, 2.45) is 7.05 Å². The third kappa shape index (κ3) is 0.943. The molecule has 10 heavy (non-hydrogen) atoms. The molecule has 1 aromatic heterocycles. The second-order valence-corrected chi connectivity index (χ2v) is 2.13. The molecule has 1 rings (SSSR count). The first-order valence-electron chi connectivity index (χ1n) is 3.25. The molecule has 0 spiro atoms. The van der Waals surface area contributed by atoms with E-state index in [-0.39, 0.29) is 0 Å². The fourth-order valence-corrected chi connectivity index (χ4v) is 0.901. The second kappa shape index (κ2) is 2.64. The third-order valence-corrected chi connectivity index (χ3v) is 1.56. The van der Waals surface area contributed by atoms with Crippen molar-refractivity contribution in [3.8, 4) is 0 Å². The van der Waals surface area contributed by atoms with Crippen molar-refractivity contribution in [3.63, 3.8) is 0 Å². The molecule has 0 aliphatic rings. The van der Waals surface area contributed by atoms with Crippen LogP contribution in [0.2, 0.25) is 0 Å². The Morgan fingerprint density at radius 2 is 2.50 bits per heavy atom. The minimum atomic E-state index is 0.636. The molecule has 1 heterocycles. The van der Waals surface area contributed by atoms with E-state index in [1.165, 1.54) is 0 Å². The summed E-state index contributed by atoms with van der Waals surface area (Å²) in [7, 11) is 1.84. The van der Waals surface area contributed by atoms with Crippen LogP contribution < -0.4 is 0 Å². The summed E-state index contributed by atoms with van der Waals surface area (Å²) in [4.78, 5) is 14.3. The van der Waals surface area contributed by atoms with E-state index in [1.807, 2.05) is 14.0 Å². The molecule has 54 valence electrons. The van der Waals surface area contributed by atoms with E-state index < -0.39 is 0 Å². The standard InChI is InChI=1S/C7H10N2O/c1-3-7-8-4-6(5-10)9(7)2/h4-5H,3H2,1-2H3. The molecule has 0 fully saturated rings. The van der Waals surface area contributed by atoms with Crippen LogP contribution in [0.25, 0.3) is 0 Å². The maximum absolute atomic E-state index is 10.3. The molecule has 0 aliphatic heterocycles. The summed E-state index contributed by atoms with van der Waals surface area (Å²) < 4.78 is 1.80. The molecule has 0 amide bonds. The lowest BCUT2D eigenvalue weighted by Crippen LogP contribution is -1.99. The summed E-state index contributed by atoms with van der Waals surface area (Å²) in [5, 5.41) is 0. The maximum atomic E-state index is 10.3. The number of imidazole rings is 1. The highest BCUT2D eigenvalue weighted by molar-refractivity contribution is 5.71. The summed E-state index contributed by atoms with van der Waals surface area (Å²) in [6.07, 6.45) is 3.27. The van der Waals surface area contributed by atoms with Gasteiger partial charge in [-0.1, -0.05) is 6.92 Å². The lowest BCUT2D eigenvalue weighted by atomic mass is 10.4. The van der Waals surface area contributed by atoms with Gasteiger partial charge in [0.1, 0.15) is 11.5 Å². The average Bonchev–Trinajstić information content (AvgIpc) is 2.30. The summed E-state index contributed by atoms with van der Waals surface area (Å²) in [6, 6.07) is 0. The average molecular weight is 138 g/mol. The maximum Gasteiger partial charge on any atom is 0.168 e. The van der Waals surface area contributed by atoms with Gasteiger partial charge in [-0.15, -0.1) is 0 Å². The predicted octanol–water partition coefficient (Wildman–Crippen LogP) is 0.795. The molecule has 0 atom stereocenters. The van der Waals surface area contributed by atoms with E-state index in [0.717, 1.165) is 18.5 Å². The number of aldehydes is 1. The largest absolute Gasteiger partial charge is 0.329 e. The van der Waals surface area contributed by atoms with Gasteiger partial charge in [0.25, 0.3) is 0 Å². The van der Waals surface area contributed by atoms with E-state index in [2.05, 4.69) is 4.98 Å². The zero-order chi connectivity index (χ0) is 7.56. The summed E-state index contributed by atoms with van der Waals surface area (Å²) in [5.74, 6) is 0.946. The first kappa shape index (κ1) is 6.99. The van der Waals surface area contributed by atoms with E-state index in [0.29, 0.717) is 5.69 Å². The number of rotatable bonds is 2. The van der Waals surface area contributed by atoms with E-state index in [4.69, 9.17) is 0 Å². The van der Waals surface area contributed by atoms with E-state index in [9.17, 15) is 4.79 Å². The number of carbonyl (C=O) groups excluding carboxylic acids is 1. The van der Waals surface area contributed by atoms with Gasteiger partial charge in [0.05, 0.1) is 6.20 Å². The molecule has 0 aliphatic carbocycles. The topological polar surface area (TPSA) is 34.9 Å². The number of nitrogens with zero attached hydrogens (tertiary/aromatic N) is 2. The van der Waals surface area contributed by atoms with Crippen molar-refractivity contribution < 1.29 is 4.79 Å². The highest BCUT2D eigenvalue weighted by Crippen LogP contribution is 1.99. The fourth-order valence-electron chi connectivity index (χ4n) is 0.901. The Morgan fingerprint density at radius 3 is 2.80 bits per heavy atom. The molecule has 3 nitrogen and oxygen atoms in total. The molecule has 0 aromatic carbocycles. The van der Waals surface area contributed by atoms with Gasteiger partial charge in [-0.3, -0.25) is 4.79 Å². The molecular formula is C7H10N2O.